The molecule has 2 heterocycles. The lowest BCUT2D eigenvalue weighted by molar-refractivity contribution is -0.115. The van der Waals surface area contributed by atoms with Gasteiger partial charge in [-0.2, -0.15) is 5.26 Å². The number of aromatic nitrogens is 2. The van der Waals surface area contributed by atoms with Crippen LogP contribution in [0.1, 0.15) is 18.3 Å². The summed E-state index contributed by atoms with van der Waals surface area (Å²) in [5, 5.41) is 15.6. The summed E-state index contributed by atoms with van der Waals surface area (Å²) in [5.74, 6) is 0.521. The van der Waals surface area contributed by atoms with E-state index in [1.807, 2.05) is 38.1 Å². The van der Waals surface area contributed by atoms with Crippen LogP contribution < -0.4 is 5.32 Å². The number of carbonyl (C=O) groups excluding carboxylic acids is 1. The number of thiophene rings is 1. The van der Waals surface area contributed by atoms with Gasteiger partial charge >= 0.3 is 0 Å². The zero-order valence-corrected chi connectivity index (χ0v) is 14.7. The molecule has 5 nitrogen and oxygen atoms in total. The van der Waals surface area contributed by atoms with Crippen LogP contribution in [0.15, 0.2) is 40.7 Å². The second kappa shape index (κ2) is 6.99. The van der Waals surface area contributed by atoms with Crippen LogP contribution in [0.5, 0.6) is 0 Å². The molecule has 0 saturated heterocycles. The van der Waals surface area contributed by atoms with Crippen molar-refractivity contribution in [2.24, 2.45) is 0 Å². The van der Waals surface area contributed by atoms with Crippen LogP contribution in [0.3, 0.4) is 0 Å². The molecule has 1 N–H and O–H groups in total. The number of nitrogens with one attached hydrogen (secondary N) is 1. The second-order valence-corrected chi connectivity index (χ2v) is 7.36. The molecule has 0 bridgehead atoms. The summed E-state index contributed by atoms with van der Waals surface area (Å²) in [6.45, 7) is 3.66. The number of hydrogen-bond acceptors (Lipinski definition) is 6. The summed E-state index contributed by atoms with van der Waals surface area (Å²) in [7, 11) is 0. The van der Waals surface area contributed by atoms with Crippen LogP contribution in [-0.4, -0.2) is 21.1 Å². The summed E-state index contributed by atoms with van der Waals surface area (Å²) < 4.78 is 0. The van der Waals surface area contributed by atoms with Crippen molar-refractivity contribution in [3.05, 3.63) is 47.1 Å². The SMILES string of the molecule is Cc1nc(S[C@@H](C)C(=O)Nc2sccc2C#N)c2ccccc2n1. The fourth-order valence-electron chi connectivity index (χ4n) is 2.18. The van der Waals surface area contributed by atoms with E-state index in [1.165, 1.54) is 23.1 Å². The summed E-state index contributed by atoms with van der Waals surface area (Å²) in [6.07, 6.45) is 0. The predicted octanol–water partition coefficient (Wildman–Crippen LogP) is 3.99. The van der Waals surface area contributed by atoms with Crippen molar-refractivity contribution in [3.8, 4) is 6.07 Å². The molecule has 0 radical (unpaired) electrons. The lowest BCUT2D eigenvalue weighted by Gasteiger charge is -2.12. The monoisotopic (exact) mass is 354 g/mol. The molecule has 1 atom stereocenters. The number of thioether (sulfide) groups is 1. The van der Waals surface area contributed by atoms with Crippen LogP contribution >= 0.6 is 23.1 Å². The smallest absolute Gasteiger partial charge is 0.238 e. The second-order valence-electron chi connectivity index (χ2n) is 5.12. The largest absolute Gasteiger partial charge is 0.316 e. The minimum absolute atomic E-state index is 0.153. The highest BCUT2D eigenvalue weighted by Gasteiger charge is 2.19. The maximum Gasteiger partial charge on any atom is 0.238 e. The average Bonchev–Trinajstić information content (AvgIpc) is 3.01. The fraction of sp³-hybridized carbons (Fsp3) is 0.176. The Balaban J connectivity index is 1.81. The van der Waals surface area contributed by atoms with Gasteiger partial charge in [0.05, 0.1) is 16.3 Å². The highest BCUT2D eigenvalue weighted by Crippen LogP contribution is 2.30. The first-order valence-corrected chi connectivity index (χ1v) is 9.03. The topological polar surface area (TPSA) is 78.7 Å². The van der Waals surface area contributed by atoms with Crippen molar-refractivity contribution in [1.29, 1.82) is 5.26 Å². The van der Waals surface area contributed by atoms with E-state index < -0.39 is 0 Å². The Hall–Kier alpha value is -2.43. The van der Waals surface area contributed by atoms with E-state index in [4.69, 9.17) is 5.26 Å². The van der Waals surface area contributed by atoms with Crippen molar-refractivity contribution < 1.29 is 4.79 Å². The third-order valence-corrected chi connectivity index (χ3v) is 5.29. The van der Waals surface area contributed by atoms with Crippen molar-refractivity contribution >= 4 is 44.9 Å². The van der Waals surface area contributed by atoms with Gasteiger partial charge in [-0.25, -0.2) is 9.97 Å². The van der Waals surface area contributed by atoms with E-state index in [0.29, 0.717) is 16.4 Å². The number of nitrogens with zero attached hydrogens (tertiary/aromatic N) is 3. The Bertz CT molecular complexity index is 945. The maximum atomic E-state index is 12.4. The van der Waals surface area contributed by atoms with Gasteiger partial charge in [0, 0.05) is 5.39 Å². The number of aryl methyl sites for hydroxylation is 1. The van der Waals surface area contributed by atoms with Gasteiger partial charge in [0.15, 0.2) is 0 Å². The molecule has 1 aromatic carbocycles. The van der Waals surface area contributed by atoms with Crippen LogP contribution in [0.4, 0.5) is 5.00 Å². The number of hydrogen-bond donors (Lipinski definition) is 1. The molecule has 3 aromatic rings. The number of para-hydroxylation sites is 1. The number of amides is 1. The highest BCUT2D eigenvalue weighted by molar-refractivity contribution is 8.00. The van der Waals surface area contributed by atoms with Crippen LogP contribution in [0, 0.1) is 18.3 Å². The Labute approximate surface area is 147 Å². The minimum Gasteiger partial charge on any atom is -0.316 e. The molecule has 7 heteroatoms. The average molecular weight is 354 g/mol. The molecule has 24 heavy (non-hydrogen) atoms. The van der Waals surface area contributed by atoms with E-state index >= 15 is 0 Å². The third kappa shape index (κ3) is 3.40. The lowest BCUT2D eigenvalue weighted by atomic mass is 10.2. The molecule has 0 aliphatic heterocycles. The zero-order chi connectivity index (χ0) is 17.1. The lowest BCUT2D eigenvalue weighted by Crippen LogP contribution is -2.22. The molecule has 120 valence electrons. The van der Waals surface area contributed by atoms with Crippen LogP contribution in [0.2, 0.25) is 0 Å². The normalized spacial score (nSPS) is 11.9. The first-order valence-electron chi connectivity index (χ1n) is 7.27. The third-order valence-electron chi connectivity index (χ3n) is 3.36. The van der Waals surface area contributed by atoms with Gasteiger partial charge < -0.3 is 5.32 Å². The molecule has 0 saturated carbocycles. The molecule has 1 amide bonds. The molecular weight excluding hydrogens is 340 g/mol. The number of anilines is 1. The van der Waals surface area contributed by atoms with Crippen LogP contribution in [0.25, 0.3) is 10.9 Å². The Morgan fingerprint density at radius 3 is 2.92 bits per heavy atom. The molecule has 2 aromatic heterocycles. The van der Waals surface area contributed by atoms with Gasteiger partial charge in [-0.15, -0.1) is 11.3 Å². The Morgan fingerprint density at radius 1 is 1.33 bits per heavy atom. The molecular formula is C17H14N4OS2. The van der Waals surface area contributed by atoms with Crippen molar-refractivity contribution in [2.45, 2.75) is 24.1 Å². The number of carbonyl (C=O) groups is 1. The van der Waals surface area contributed by atoms with Gasteiger partial charge in [0.1, 0.15) is 21.9 Å². The summed E-state index contributed by atoms with van der Waals surface area (Å²) >= 11 is 2.73. The Kier molecular flexibility index (Phi) is 4.79. The van der Waals surface area contributed by atoms with E-state index in [-0.39, 0.29) is 11.2 Å². The first kappa shape index (κ1) is 16.4. The summed E-state index contributed by atoms with van der Waals surface area (Å²) in [5.41, 5.74) is 1.35. The van der Waals surface area contributed by atoms with E-state index in [9.17, 15) is 4.79 Å². The van der Waals surface area contributed by atoms with Crippen molar-refractivity contribution in [3.63, 3.8) is 0 Å². The van der Waals surface area contributed by atoms with Crippen molar-refractivity contribution in [2.75, 3.05) is 5.32 Å². The van der Waals surface area contributed by atoms with Gasteiger partial charge in [-0.1, -0.05) is 30.0 Å². The standard InChI is InChI=1S/C17H14N4OS2/c1-10(15(22)21-16-12(9-18)7-8-23-16)24-17-13-5-3-4-6-14(13)19-11(2)20-17/h3-8,10H,1-2H3,(H,21,22)/t10-/m0/s1. The molecule has 0 aliphatic rings. The predicted molar refractivity (Wildman–Crippen MR) is 97.3 cm³/mol. The molecule has 0 spiro atoms. The number of benzene rings is 1. The Morgan fingerprint density at radius 2 is 2.12 bits per heavy atom. The molecule has 0 unspecified atom stereocenters. The van der Waals surface area contributed by atoms with Gasteiger partial charge in [0.2, 0.25) is 5.91 Å². The molecule has 0 fully saturated rings. The molecule has 3 rings (SSSR count). The first-order chi connectivity index (χ1) is 11.6. The number of nitriles is 1. The summed E-state index contributed by atoms with van der Waals surface area (Å²) in [4.78, 5) is 21.3. The molecule has 0 aliphatic carbocycles. The highest BCUT2D eigenvalue weighted by atomic mass is 32.2. The quantitative estimate of drug-likeness (QED) is 0.566. The van der Waals surface area contributed by atoms with Crippen molar-refractivity contribution in [1.82, 2.24) is 9.97 Å². The zero-order valence-electron chi connectivity index (χ0n) is 13.1. The van der Waals surface area contributed by atoms with Gasteiger partial charge in [0.25, 0.3) is 0 Å². The van der Waals surface area contributed by atoms with E-state index in [0.717, 1.165) is 15.9 Å². The van der Waals surface area contributed by atoms with E-state index in [1.54, 1.807) is 11.4 Å². The fourth-order valence-corrected chi connectivity index (χ4v) is 3.90. The van der Waals surface area contributed by atoms with E-state index in [2.05, 4.69) is 21.4 Å². The van der Waals surface area contributed by atoms with Gasteiger partial charge in [-0.3, -0.25) is 4.79 Å². The van der Waals surface area contributed by atoms with Crippen LogP contribution in [-0.2, 0) is 4.79 Å². The van der Waals surface area contributed by atoms with Gasteiger partial charge in [-0.05, 0) is 31.4 Å². The summed E-state index contributed by atoms with van der Waals surface area (Å²) in [6, 6.07) is 11.5. The number of rotatable bonds is 4. The minimum atomic E-state index is -0.351. The maximum absolute atomic E-state index is 12.4. The number of fused-ring (bicyclic) bond motifs is 1.